The number of pyridine rings is 1. The molecule has 0 radical (unpaired) electrons. The summed E-state index contributed by atoms with van der Waals surface area (Å²) in [6.07, 6.45) is 10.1. The fraction of sp³-hybridized carbons (Fsp3) is 0.435. The number of aromatic nitrogens is 8. The third kappa shape index (κ3) is 7.48. The van der Waals surface area contributed by atoms with Crippen LogP contribution in [0.3, 0.4) is 0 Å². The van der Waals surface area contributed by atoms with E-state index in [0.29, 0.717) is 39.4 Å². The highest BCUT2D eigenvalue weighted by atomic mass is 16.2. The number of carbonyl (C=O) groups is 3. The molecule has 1 spiro atoms. The number of nitrogens with zero attached hydrogens (tertiary/aromatic N) is 11. The number of piperazine rings is 1. The van der Waals surface area contributed by atoms with Crippen molar-refractivity contribution in [1.82, 2.24) is 55.0 Å². The summed E-state index contributed by atoms with van der Waals surface area (Å²) in [6.45, 7) is 7.80. The molecule has 7 heterocycles. The van der Waals surface area contributed by atoms with Crippen LogP contribution in [-0.2, 0) is 9.59 Å². The first-order valence-corrected chi connectivity index (χ1v) is 22.4. The number of fused-ring (bicyclic) bond motifs is 2. The molecule has 64 heavy (non-hydrogen) atoms. The van der Waals surface area contributed by atoms with Crippen molar-refractivity contribution in [3.05, 3.63) is 95.1 Å². The number of hydrogen-bond donors (Lipinski definition) is 3. The van der Waals surface area contributed by atoms with Crippen LogP contribution < -0.4 is 31.3 Å². The second-order valence-corrected chi connectivity index (χ2v) is 18.3. The average Bonchev–Trinajstić information content (AvgIpc) is 3.72. The van der Waals surface area contributed by atoms with Crippen LogP contribution in [0.4, 0.5) is 22.9 Å². The molecule has 3 N–H and O–H groups in total. The third-order valence-electron chi connectivity index (χ3n) is 14.3. The predicted octanol–water partition coefficient (Wildman–Crippen LogP) is 4.06. The van der Waals surface area contributed by atoms with Gasteiger partial charge < -0.3 is 25.0 Å². The van der Waals surface area contributed by atoms with Gasteiger partial charge in [0.2, 0.25) is 5.91 Å². The van der Waals surface area contributed by atoms with Crippen LogP contribution in [0.25, 0.3) is 22.1 Å². The minimum absolute atomic E-state index is 0.0726. The second kappa shape index (κ2) is 16.1. The molecule has 11 rings (SSSR count). The van der Waals surface area contributed by atoms with Gasteiger partial charge in [0.25, 0.3) is 17.4 Å². The second-order valence-electron chi connectivity index (χ2n) is 18.3. The molecule has 3 amide bonds. The Kier molecular flexibility index (Phi) is 10.0. The Balaban J connectivity index is 0.647. The van der Waals surface area contributed by atoms with Gasteiger partial charge in [0.15, 0.2) is 17.0 Å². The number of hydrogen-bond acceptors (Lipinski definition) is 14. The van der Waals surface area contributed by atoms with Gasteiger partial charge in [-0.25, -0.2) is 19.9 Å². The van der Waals surface area contributed by atoms with Crippen LogP contribution in [0, 0.1) is 12.3 Å². The third-order valence-corrected chi connectivity index (χ3v) is 14.3. The largest absolute Gasteiger partial charge is 0.371 e. The van der Waals surface area contributed by atoms with E-state index in [4.69, 9.17) is 4.98 Å². The zero-order valence-corrected chi connectivity index (χ0v) is 35.7. The van der Waals surface area contributed by atoms with Crippen LogP contribution in [0.2, 0.25) is 0 Å². The van der Waals surface area contributed by atoms with Crippen LogP contribution in [0.15, 0.2) is 78.1 Å². The van der Waals surface area contributed by atoms with Gasteiger partial charge in [0.05, 0.1) is 11.7 Å². The van der Waals surface area contributed by atoms with E-state index in [2.05, 4.69) is 84.7 Å². The predicted molar refractivity (Wildman–Crippen MR) is 239 cm³/mol. The number of benzene rings is 2. The number of anilines is 4. The SMILES string of the molecule is Cc1cccc(C(=O)NC2CC(n3cnc4c(Nc5ccc(N6CCN(C7CC8(CCN(c9ccc%10nnn(C%11CCC(=O)NC%11=O)c(=O)c%10c9)CC8)C7)CC6)cc5)ncnc43)C2)n1. The summed E-state index contributed by atoms with van der Waals surface area (Å²) in [4.78, 5) is 76.0. The van der Waals surface area contributed by atoms with Crippen molar-refractivity contribution in [1.29, 1.82) is 0 Å². The highest BCUT2D eigenvalue weighted by molar-refractivity contribution is 5.99. The van der Waals surface area contributed by atoms with E-state index in [0.717, 1.165) is 92.3 Å². The number of carbonyl (C=O) groups excluding carboxylic acids is 3. The lowest BCUT2D eigenvalue weighted by atomic mass is 9.60. The molecule has 2 saturated carbocycles. The standard InChI is InChI=1S/C46H50N14O4/c1-28-3-2-4-37(50-28)43(62)52-30-21-33(22-30)59-27-49-40-41(47-26-48-42(40)59)51-29-5-7-31(8-6-29)57-17-19-58(20-18-57)34-24-46(25-34)13-15-56(16-14-46)32-9-10-36-35(23-32)45(64)60(55-54-36)38-11-12-39(61)53-44(38)63/h2-10,23,26-27,30,33-34,38H,11-22,24-25H2,1H3,(H,52,62)(H,47,48,51)(H,53,61,63). The van der Waals surface area contributed by atoms with E-state index >= 15 is 0 Å². The maximum absolute atomic E-state index is 13.5. The summed E-state index contributed by atoms with van der Waals surface area (Å²) >= 11 is 0. The first-order valence-electron chi connectivity index (χ1n) is 22.4. The summed E-state index contributed by atoms with van der Waals surface area (Å²) < 4.78 is 3.21. The minimum atomic E-state index is -0.840. The number of piperidine rings is 2. The number of nitrogens with one attached hydrogen (secondary N) is 3. The fourth-order valence-corrected chi connectivity index (χ4v) is 10.5. The minimum Gasteiger partial charge on any atom is -0.371 e. The van der Waals surface area contributed by atoms with Gasteiger partial charge in [-0.05, 0) is 112 Å². The quantitative estimate of drug-likeness (QED) is 0.176. The van der Waals surface area contributed by atoms with Crippen molar-refractivity contribution in [3.63, 3.8) is 0 Å². The molecule has 4 aromatic heterocycles. The van der Waals surface area contributed by atoms with Crippen molar-refractivity contribution >= 4 is 62.7 Å². The van der Waals surface area contributed by atoms with E-state index in [9.17, 15) is 19.2 Å². The molecule has 2 aromatic carbocycles. The van der Waals surface area contributed by atoms with Crippen molar-refractivity contribution < 1.29 is 14.4 Å². The summed E-state index contributed by atoms with van der Waals surface area (Å²) in [7, 11) is 0. The van der Waals surface area contributed by atoms with Gasteiger partial charge in [0, 0.05) is 86.6 Å². The lowest BCUT2D eigenvalue weighted by Crippen LogP contribution is -2.59. The smallest absolute Gasteiger partial charge is 0.278 e. The average molecular weight is 863 g/mol. The number of imide groups is 1. The van der Waals surface area contributed by atoms with E-state index in [1.165, 1.54) is 18.5 Å². The summed E-state index contributed by atoms with van der Waals surface area (Å²) in [5.41, 5.74) is 6.36. The van der Waals surface area contributed by atoms with Crippen molar-refractivity contribution in [2.75, 3.05) is 54.4 Å². The van der Waals surface area contributed by atoms with E-state index in [1.54, 1.807) is 12.4 Å². The molecule has 3 saturated heterocycles. The summed E-state index contributed by atoms with van der Waals surface area (Å²) in [5.74, 6) is -0.339. The van der Waals surface area contributed by atoms with Crippen LogP contribution >= 0.6 is 0 Å². The van der Waals surface area contributed by atoms with Crippen LogP contribution in [-0.4, -0.2) is 113 Å². The lowest BCUT2D eigenvalue weighted by molar-refractivity contribution is -0.136. The molecular formula is C46H50N14O4. The van der Waals surface area contributed by atoms with Gasteiger partial charge >= 0.3 is 0 Å². The molecule has 328 valence electrons. The molecule has 18 nitrogen and oxygen atoms in total. The maximum Gasteiger partial charge on any atom is 0.278 e. The van der Waals surface area contributed by atoms with E-state index < -0.39 is 11.9 Å². The zero-order valence-electron chi connectivity index (χ0n) is 35.7. The van der Waals surface area contributed by atoms with Crippen molar-refractivity contribution in [3.8, 4) is 0 Å². The van der Waals surface area contributed by atoms with E-state index in [-0.39, 0.29) is 42.3 Å². The topological polar surface area (TPSA) is 201 Å². The van der Waals surface area contributed by atoms with Gasteiger partial charge in [-0.15, -0.1) is 5.10 Å². The summed E-state index contributed by atoms with van der Waals surface area (Å²) in [6, 6.07) is 19.8. The fourth-order valence-electron chi connectivity index (χ4n) is 10.5. The van der Waals surface area contributed by atoms with Gasteiger partial charge in [0.1, 0.15) is 23.6 Å². The van der Waals surface area contributed by atoms with Crippen molar-refractivity contribution in [2.45, 2.75) is 82.5 Å². The molecular weight excluding hydrogens is 813 g/mol. The first-order chi connectivity index (χ1) is 31.1. The monoisotopic (exact) mass is 862 g/mol. The molecule has 18 heteroatoms. The number of amides is 3. The van der Waals surface area contributed by atoms with Gasteiger partial charge in [-0.2, -0.15) is 4.68 Å². The lowest BCUT2D eigenvalue weighted by Gasteiger charge is -2.56. The molecule has 3 aliphatic heterocycles. The first kappa shape index (κ1) is 40.0. The van der Waals surface area contributed by atoms with E-state index in [1.807, 2.05) is 43.6 Å². The van der Waals surface area contributed by atoms with Gasteiger partial charge in [-0.3, -0.25) is 29.4 Å². The van der Waals surface area contributed by atoms with Gasteiger partial charge in [-0.1, -0.05) is 11.3 Å². The van der Waals surface area contributed by atoms with Crippen molar-refractivity contribution in [2.24, 2.45) is 5.41 Å². The zero-order chi connectivity index (χ0) is 43.5. The molecule has 6 aromatic rings. The summed E-state index contributed by atoms with van der Waals surface area (Å²) in [5, 5.41) is 17.6. The number of aryl methyl sites for hydroxylation is 1. The molecule has 1 atom stereocenters. The Labute approximate surface area is 368 Å². The van der Waals surface area contributed by atoms with Crippen LogP contribution in [0.1, 0.15) is 79.6 Å². The molecule has 1 unspecified atom stereocenters. The Morgan fingerprint density at radius 3 is 2.38 bits per heavy atom. The normalized spacial score (nSPS) is 22.6. The Morgan fingerprint density at radius 2 is 1.61 bits per heavy atom. The molecule has 5 aliphatic rings. The number of imidazole rings is 1. The Hall–Kier alpha value is -6.82. The maximum atomic E-state index is 13.5. The highest BCUT2D eigenvalue weighted by Crippen LogP contribution is 2.51. The highest BCUT2D eigenvalue weighted by Gasteiger charge is 2.48. The molecule has 0 bridgehead atoms. The Morgan fingerprint density at radius 1 is 0.844 bits per heavy atom. The van der Waals surface area contributed by atoms with Crippen LogP contribution in [0.5, 0.6) is 0 Å². The Bertz CT molecular complexity index is 2830. The molecule has 5 fully saturated rings. The number of rotatable bonds is 9. The molecule has 2 aliphatic carbocycles.